The quantitative estimate of drug-likeness (QED) is 0.834. The molecular formula is C14H16F3NO. The van der Waals surface area contributed by atoms with E-state index in [1.807, 2.05) is 13.8 Å². The zero-order valence-corrected chi connectivity index (χ0v) is 10.8. The molecule has 5 heteroatoms. The molecule has 0 aromatic heterocycles. The smallest absolute Gasteiger partial charge is 0.352 e. The number of carbonyl (C=O) groups is 1. The predicted octanol–water partition coefficient (Wildman–Crippen LogP) is 3.49. The van der Waals surface area contributed by atoms with Gasteiger partial charge in [-0.05, 0) is 23.6 Å². The zero-order chi connectivity index (χ0) is 14.5. The molecule has 1 aromatic carbocycles. The predicted molar refractivity (Wildman–Crippen MR) is 68.3 cm³/mol. The number of hydrogen-bond donors (Lipinski definition) is 1. The Labute approximate surface area is 110 Å². The van der Waals surface area contributed by atoms with E-state index in [2.05, 4.69) is 5.32 Å². The zero-order valence-electron chi connectivity index (χ0n) is 10.8. The van der Waals surface area contributed by atoms with E-state index < -0.39 is 17.6 Å². The van der Waals surface area contributed by atoms with Gasteiger partial charge in [0, 0.05) is 12.6 Å². The van der Waals surface area contributed by atoms with Crippen LogP contribution in [0.4, 0.5) is 13.2 Å². The lowest BCUT2D eigenvalue weighted by molar-refractivity contribution is -0.137. The van der Waals surface area contributed by atoms with Crippen molar-refractivity contribution in [2.45, 2.75) is 20.0 Å². The van der Waals surface area contributed by atoms with Crippen molar-refractivity contribution < 1.29 is 18.0 Å². The Kier molecular flexibility index (Phi) is 5.15. The molecule has 0 atom stereocenters. The number of benzene rings is 1. The van der Waals surface area contributed by atoms with E-state index in [9.17, 15) is 18.0 Å². The van der Waals surface area contributed by atoms with Gasteiger partial charge in [0.2, 0.25) is 5.91 Å². The number of amides is 1. The van der Waals surface area contributed by atoms with E-state index >= 15 is 0 Å². The first-order valence-corrected chi connectivity index (χ1v) is 5.93. The number of nitrogens with one attached hydrogen (secondary N) is 1. The van der Waals surface area contributed by atoms with Crippen LogP contribution in [0.5, 0.6) is 0 Å². The van der Waals surface area contributed by atoms with Gasteiger partial charge < -0.3 is 5.32 Å². The average molecular weight is 271 g/mol. The monoisotopic (exact) mass is 271 g/mol. The molecule has 0 fully saturated rings. The third-order valence-corrected chi connectivity index (χ3v) is 2.36. The maximum absolute atomic E-state index is 12.7. The molecule has 0 bridgehead atoms. The minimum absolute atomic E-state index is 0.0188. The van der Waals surface area contributed by atoms with Crippen molar-refractivity contribution in [1.82, 2.24) is 5.32 Å². The molecule has 1 rings (SSSR count). The number of rotatable bonds is 4. The van der Waals surface area contributed by atoms with Crippen LogP contribution in [-0.4, -0.2) is 12.5 Å². The van der Waals surface area contributed by atoms with Crippen molar-refractivity contribution in [3.63, 3.8) is 0 Å². The van der Waals surface area contributed by atoms with Gasteiger partial charge in [-0.25, -0.2) is 0 Å². The molecule has 2 nitrogen and oxygen atoms in total. The van der Waals surface area contributed by atoms with Crippen LogP contribution in [0.15, 0.2) is 30.3 Å². The standard InChI is InChI=1S/C14H16F3NO/c1-10(2)9-18-13(19)8-7-11-5-3-4-6-12(11)14(15,16)17/h3-8,10H,9H2,1-2H3,(H,18,19). The average Bonchev–Trinajstić information content (AvgIpc) is 2.33. The van der Waals surface area contributed by atoms with E-state index in [4.69, 9.17) is 0 Å². The van der Waals surface area contributed by atoms with Gasteiger partial charge >= 0.3 is 6.18 Å². The topological polar surface area (TPSA) is 29.1 Å². The number of halogens is 3. The Bertz CT molecular complexity index is 464. The van der Waals surface area contributed by atoms with Crippen molar-refractivity contribution in [3.05, 3.63) is 41.5 Å². The summed E-state index contributed by atoms with van der Waals surface area (Å²) in [5, 5.41) is 2.60. The highest BCUT2D eigenvalue weighted by Crippen LogP contribution is 2.32. The summed E-state index contributed by atoms with van der Waals surface area (Å²) in [6, 6.07) is 5.14. The molecule has 0 radical (unpaired) electrons. The molecule has 0 aliphatic heterocycles. The Hall–Kier alpha value is -1.78. The molecule has 19 heavy (non-hydrogen) atoms. The van der Waals surface area contributed by atoms with Crippen LogP contribution in [0.1, 0.15) is 25.0 Å². The highest BCUT2D eigenvalue weighted by Gasteiger charge is 2.32. The van der Waals surface area contributed by atoms with E-state index in [0.717, 1.165) is 12.1 Å². The Morgan fingerprint density at radius 3 is 2.53 bits per heavy atom. The van der Waals surface area contributed by atoms with Crippen LogP contribution >= 0.6 is 0 Å². The molecule has 0 spiro atoms. The van der Waals surface area contributed by atoms with Crippen molar-refractivity contribution >= 4 is 12.0 Å². The third-order valence-electron chi connectivity index (χ3n) is 2.36. The fourth-order valence-corrected chi connectivity index (χ4v) is 1.43. The van der Waals surface area contributed by atoms with Gasteiger partial charge in [0.25, 0.3) is 0 Å². The fourth-order valence-electron chi connectivity index (χ4n) is 1.43. The molecule has 0 unspecified atom stereocenters. The molecule has 104 valence electrons. The van der Waals surface area contributed by atoms with Crippen molar-refractivity contribution in [1.29, 1.82) is 0 Å². The molecule has 1 amide bonds. The molecular weight excluding hydrogens is 255 g/mol. The second kappa shape index (κ2) is 6.41. The van der Waals surface area contributed by atoms with Gasteiger partial charge in [-0.15, -0.1) is 0 Å². The van der Waals surface area contributed by atoms with Crippen LogP contribution in [-0.2, 0) is 11.0 Å². The summed E-state index contributed by atoms with van der Waals surface area (Å²) in [6.45, 7) is 4.36. The summed E-state index contributed by atoms with van der Waals surface area (Å²) < 4.78 is 38.1. The lowest BCUT2D eigenvalue weighted by atomic mass is 10.1. The summed E-state index contributed by atoms with van der Waals surface area (Å²) in [5.41, 5.74) is -0.766. The minimum atomic E-state index is -4.42. The highest BCUT2D eigenvalue weighted by atomic mass is 19.4. The fraction of sp³-hybridized carbons (Fsp3) is 0.357. The van der Waals surface area contributed by atoms with Gasteiger partial charge in [-0.1, -0.05) is 32.0 Å². The van der Waals surface area contributed by atoms with Crippen LogP contribution in [0.25, 0.3) is 6.08 Å². The van der Waals surface area contributed by atoms with Gasteiger partial charge in [0.05, 0.1) is 5.56 Å². The van der Waals surface area contributed by atoms with Crippen LogP contribution in [0.3, 0.4) is 0 Å². The maximum atomic E-state index is 12.7. The molecule has 0 heterocycles. The summed E-state index contributed by atoms with van der Waals surface area (Å²) in [7, 11) is 0. The van der Waals surface area contributed by atoms with Gasteiger partial charge in [0.1, 0.15) is 0 Å². The normalized spacial score (nSPS) is 12.1. The van der Waals surface area contributed by atoms with Gasteiger partial charge in [0.15, 0.2) is 0 Å². The van der Waals surface area contributed by atoms with Crippen LogP contribution in [0.2, 0.25) is 0 Å². The maximum Gasteiger partial charge on any atom is 0.416 e. The summed E-state index contributed by atoms with van der Waals surface area (Å²) in [6.07, 6.45) is -2.12. The van der Waals surface area contributed by atoms with Crippen molar-refractivity contribution in [3.8, 4) is 0 Å². The molecule has 1 N–H and O–H groups in total. The molecule has 0 aliphatic carbocycles. The van der Waals surface area contributed by atoms with E-state index in [1.165, 1.54) is 24.3 Å². The lowest BCUT2D eigenvalue weighted by Crippen LogP contribution is -2.25. The third kappa shape index (κ3) is 5.16. The van der Waals surface area contributed by atoms with Crippen molar-refractivity contribution in [2.75, 3.05) is 6.54 Å². The Balaban J connectivity index is 2.80. The summed E-state index contributed by atoms with van der Waals surface area (Å²) in [4.78, 5) is 11.4. The van der Waals surface area contributed by atoms with Crippen LogP contribution < -0.4 is 5.32 Å². The molecule has 1 aromatic rings. The van der Waals surface area contributed by atoms with E-state index in [-0.39, 0.29) is 5.56 Å². The van der Waals surface area contributed by atoms with Crippen molar-refractivity contribution in [2.24, 2.45) is 5.92 Å². The number of carbonyl (C=O) groups excluding carboxylic acids is 1. The van der Waals surface area contributed by atoms with E-state index in [1.54, 1.807) is 0 Å². The minimum Gasteiger partial charge on any atom is -0.352 e. The lowest BCUT2D eigenvalue weighted by Gasteiger charge is -2.09. The first kappa shape index (κ1) is 15.3. The van der Waals surface area contributed by atoms with Crippen LogP contribution in [0, 0.1) is 5.92 Å². The van der Waals surface area contributed by atoms with E-state index in [0.29, 0.717) is 12.5 Å². The molecule has 0 saturated heterocycles. The second-order valence-electron chi connectivity index (χ2n) is 4.56. The molecule has 0 saturated carbocycles. The molecule has 0 aliphatic rings. The Morgan fingerprint density at radius 1 is 1.32 bits per heavy atom. The van der Waals surface area contributed by atoms with Gasteiger partial charge in [-0.2, -0.15) is 13.2 Å². The first-order valence-electron chi connectivity index (χ1n) is 5.93. The number of hydrogen-bond acceptors (Lipinski definition) is 1. The number of alkyl halides is 3. The van der Waals surface area contributed by atoms with Gasteiger partial charge in [-0.3, -0.25) is 4.79 Å². The summed E-state index contributed by atoms with van der Waals surface area (Å²) >= 11 is 0. The first-order chi connectivity index (χ1) is 8.80. The largest absolute Gasteiger partial charge is 0.416 e. The second-order valence-corrected chi connectivity index (χ2v) is 4.56. The highest BCUT2D eigenvalue weighted by molar-refractivity contribution is 5.91. The Morgan fingerprint density at radius 2 is 1.95 bits per heavy atom. The SMILES string of the molecule is CC(C)CNC(=O)C=Cc1ccccc1C(F)(F)F. The summed E-state index contributed by atoms with van der Waals surface area (Å²) in [5.74, 6) is -0.106.